The Bertz CT molecular complexity index is 510. The van der Waals surface area contributed by atoms with E-state index in [1.54, 1.807) is 0 Å². The molecule has 2 unspecified atom stereocenters. The maximum absolute atomic E-state index is 12.0. The average Bonchev–Trinajstić information content (AvgIpc) is 3.03. The Hall–Kier alpha value is -1.70. The number of likely N-dealkylation sites (tertiary alicyclic amines) is 1. The zero-order valence-electron chi connectivity index (χ0n) is 17.5. The third-order valence-electron chi connectivity index (χ3n) is 4.40. The Labute approximate surface area is 173 Å². The number of nitrogens with zero attached hydrogens (tertiary/aromatic N) is 1. The number of carbonyl (C=O) groups is 2. The molecule has 1 heterocycles. The van der Waals surface area contributed by atoms with Crippen molar-refractivity contribution in [3.05, 3.63) is 0 Å². The Morgan fingerprint density at radius 3 is 2.21 bits per heavy atom. The predicted octanol–water partition coefficient (Wildman–Crippen LogP) is -0.172. The number of terminal acetylenes is 1. The Balaban J connectivity index is 1.93. The highest BCUT2D eigenvalue weighted by Crippen LogP contribution is 2.17. The summed E-state index contributed by atoms with van der Waals surface area (Å²) in [6.07, 6.45) is 6.16. The number of methoxy groups -OCH3 is 1. The fourth-order valence-electron chi connectivity index (χ4n) is 2.91. The molecule has 2 atom stereocenters. The Morgan fingerprint density at radius 1 is 1.03 bits per heavy atom. The lowest BCUT2D eigenvalue weighted by molar-refractivity contribution is -0.142. The molecule has 0 aromatic heterocycles. The van der Waals surface area contributed by atoms with Crippen LogP contribution in [0.25, 0.3) is 0 Å². The highest BCUT2D eigenvalue weighted by Gasteiger charge is 2.31. The van der Waals surface area contributed by atoms with E-state index >= 15 is 0 Å². The zero-order chi connectivity index (χ0) is 21.3. The fourth-order valence-corrected chi connectivity index (χ4v) is 2.91. The lowest BCUT2D eigenvalue weighted by Crippen LogP contribution is -2.39. The monoisotopic (exact) mass is 414 g/mol. The number of ether oxygens (including phenoxy) is 5. The molecule has 0 aromatic carbocycles. The van der Waals surface area contributed by atoms with Gasteiger partial charge in [-0.15, -0.1) is 6.42 Å². The normalized spacial score (nSPS) is 19.1. The summed E-state index contributed by atoms with van der Waals surface area (Å²) in [6, 6.07) is 0.273. The number of carbonyl (C=O) groups excluding carboxylic acids is 2. The molecular weight excluding hydrogens is 380 g/mol. The van der Waals surface area contributed by atoms with E-state index in [0.717, 1.165) is 6.42 Å². The summed E-state index contributed by atoms with van der Waals surface area (Å²) in [5, 5.41) is 2.99. The van der Waals surface area contributed by atoms with Gasteiger partial charge in [-0.05, 0) is 13.3 Å². The number of nitrogens with one attached hydrogen (secondary N) is 1. The van der Waals surface area contributed by atoms with E-state index < -0.39 is 0 Å². The van der Waals surface area contributed by atoms with Crippen LogP contribution in [-0.4, -0.2) is 102 Å². The van der Waals surface area contributed by atoms with Crippen LogP contribution in [0.2, 0.25) is 0 Å². The van der Waals surface area contributed by atoms with Crippen molar-refractivity contribution in [2.45, 2.75) is 31.8 Å². The molecule has 1 rings (SSSR count). The number of esters is 1. The third-order valence-corrected chi connectivity index (χ3v) is 4.40. The van der Waals surface area contributed by atoms with Gasteiger partial charge in [0.25, 0.3) is 0 Å². The zero-order valence-corrected chi connectivity index (χ0v) is 17.5. The Morgan fingerprint density at radius 2 is 1.62 bits per heavy atom. The lowest BCUT2D eigenvalue weighted by Gasteiger charge is -2.18. The molecule has 1 N–H and O–H groups in total. The van der Waals surface area contributed by atoms with Gasteiger partial charge in [-0.1, -0.05) is 5.92 Å². The smallest absolute Gasteiger partial charge is 0.319 e. The number of hydrogen-bond donors (Lipinski definition) is 1. The van der Waals surface area contributed by atoms with Crippen molar-refractivity contribution in [2.24, 2.45) is 0 Å². The summed E-state index contributed by atoms with van der Waals surface area (Å²) in [5.41, 5.74) is 0. The number of hydrogen-bond acceptors (Lipinski definition) is 8. The molecule has 1 aliphatic rings. The van der Waals surface area contributed by atoms with Crippen molar-refractivity contribution < 1.29 is 33.3 Å². The van der Waals surface area contributed by atoms with E-state index in [2.05, 4.69) is 11.2 Å². The second-order valence-corrected chi connectivity index (χ2v) is 6.70. The van der Waals surface area contributed by atoms with E-state index in [9.17, 15) is 9.59 Å². The molecule has 0 aromatic rings. The summed E-state index contributed by atoms with van der Waals surface area (Å²) in [4.78, 5) is 25.4. The highest BCUT2D eigenvalue weighted by atomic mass is 16.6. The molecule has 1 saturated heterocycles. The molecule has 9 heteroatoms. The first-order valence-electron chi connectivity index (χ1n) is 9.91. The fraction of sp³-hybridized carbons (Fsp3) is 0.800. The lowest BCUT2D eigenvalue weighted by atomic mass is 10.2. The number of amides is 1. The van der Waals surface area contributed by atoms with Gasteiger partial charge in [-0.25, -0.2) is 0 Å². The van der Waals surface area contributed by atoms with Crippen LogP contribution in [0.5, 0.6) is 0 Å². The molecule has 0 spiro atoms. The molecule has 29 heavy (non-hydrogen) atoms. The van der Waals surface area contributed by atoms with Crippen LogP contribution in [0.1, 0.15) is 19.8 Å². The van der Waals surface area contributed by atoms with Crippen LogP contribution < -0.4 is 5.32 Å². The molecule has 1 amide bonds. The molecule has 0 radical (unpaired) electrons. The van der Waals surface area contributed by atoms with E-state index in [1.807, 2.05) is 11.8 Å². The van der Waals surface area contributed by atoms with Gasteiger partial charge in [0.1, 0.15) is 6.61 Å². The number of rotatable bonds is 16. The van der Waals surface area contributed by atoms with E-state index in [0.29, 0.717) is 65.8 Å². The van der Waals surface area contributed by atoms with Gasteiger partial charge in [0, 0.05) is 25.0 Å². The van der Waals surface area contributed by atoms with Gasteiger partial charge in [-0.2, -0.15) is 0 Å². The predicted molar refractivity (Wildman–Crippen MR) is 106 cm³/mol. The molecule has 0 aliphatic carbocycles. The molecule has 1 aliphatic heterocycles. The van der Waals surface area contributed by atoms with Crippen molar-refractivity contribution >= 4 is 11.9 Å². The summed E-state index contributed by atoms with van der Waals surface area (Å²) in [6.45, 7) is 6.34. The quantitative estimate of drug-likeness (QED) is 0.211. The second kappa shape index (κ2) is 16.1. The molecular formula is C20H34N2O7. The minimum absolute atomic E-state index is 0.0439. The van der Waals surface area contributed by atoms with Crippen molar-refractivity contribution in [3.63, 3.8) is 0 Å². The van der Waals surface area contributed by atoms with Crippen LogP contribution in [0.3, 0.4) is 0 Å². The largest absolute Gasteiger partial charge is 0.468 e. The van der Waals surface area contributed by atoms with E-state index in [1.165, 1.54) is 7.11 Å². The van der Waals surface area contributed by atoms with Crippen molar-refractivity contribution in [3.8, 4) is 12.3 Å². The van der Waals surface area contributed by atoms with Gasteiger partial charge in [-0.3, -0.25) is 14.5 Å². The SMILES string of the molecule is C#CCOCCOCCOCCOCCC(=O)NC1CC(C)N(CC(=O)OC)C1. The highest BCUT2D eigenvalue weighted by molar-refractivity contribution is 5.76. The summed E-state index contributed by atoms with van der Waals surface area (Å²) >= 11 is 0. The molecule has 0 bridgehead atoms. The van der Waals surface area contributed by atoms with Crippen molar-refractivity contribution in [1.82, 2.24) is 10.2 Å². The molecule has 166 valence electrons. The van der Waals surface area contributed by atoms with Crippen molar-refractivity contribution in [1.29, 1.82) is 0 Å². The molecule has 1 fully saturated rings. The summed E-state index contributed by atoms with van der Waals surface area (Å²) < 4.78 is 25.9. The Kier molecular flexibility index (Phi) is 14.1. The van der Waals surface area contributed by atoms with Gasteiger partial charge in [0.15, 0.2) is 0 Å². The topological polar surface area (TPSA) is 95.6 Å². The molecule has 9 nitrogen and oxygen atoms in total. The van der Waals surface area contributed by atoms with Gasteiger partial charge >= 0.3 is 5.97 Å². The third kappa shape index (κ3) is 12.5. The average molecular weight is 414 g/mol. The standard InChI is InChI=1S/C20H34N2O7/c1-4-6-26-8-10-28-12-13-29-11-9-27-7-5-19(23)21-18-14-17(2)22(15-18)16-20(24)25-3/h1,17-18H,5-16H2,2-3H3,(H,21,23). The van der Waals surface area contributed by atoms with Crippen LogP contribution in [-0.2, 0) is 33.3 Å². The minimum atomic E-state index is -0.264. The molecule has 0 saturated carbocycles. The van der Waals surface area contributed by atoms with Crippen LogP contribution >= 0.6 is 0 Å². The first-order chi connectivity index (χ1) is 14.1. The summed E-state index contributed by atoms with van der Waals surface area (Å²) in [7, 11) is 1.38. The van der Waals surface area contributed by atoms with E-state index in [-0.39, 0.29) is 30.5 Å². The van der Waals surface area contributed by atoms with Crippen LogP contribution in [0.15, 0.2) is 0 Å². The van der Waals surface area contributed by atoms with Gasteiger partial charge < -0.3 is 29.0 Å². The van der Waals surface area contributed by atoms with Gasteiger partial charge in [0.2, 0.25) is 5.91 Å². The van der Waals surface area contributed by atoms with Crippen LogP contribution in [0, 0.1) is 12.3 Å². The van der Waals surface area contributed by atoms with Crippen LogP contribution in [0.4, 0.5) is 0 Å². The summed E-state index contributed by atoms with van der Waals surface area (Å²) in [5.74, 6) is 2.06. The first kappa shape index (κ1) is 25.3. The first-order valence-corrected chi connectivity index (χ1v) is 9.91. The van der Waals surface area contributed by atoms with Crippen molar-refractivity contribution in [2.75, 3.05) is 73.1 Å². The maximum Gasteiger partial charge on any atom is 0.319 e. The van der Waals surface area contributed by atoms with Gasteiger partial charge in [0.05, 0.1) is 59.9 Å². The van der Waals surface area contributed by atoms with E-state index in [4.69, 9.17) is 30.1 Å². The second-order valence-electron chi connectivity index (χ2n) is 6.70. The minimum Gasteiger partial charge on any atom is -0.468 e. The maximum atomic E-state index is 12.0.